The van der Waals surface area contributed by atoms with Crippen LogP contribution in [0.3, 0.4) is 0 Å². The summed E-state index contributed by atoms with van der Waals surface area (Å²) in [6.45, 7) is 3.75. The van der Waals surface area contributed by atoms with Gasteiger partial charge in [0.15, 0.2) is 0 Å². The summed E-state index contributed by atoms with van der Waals surface area (Å²) in [7, 11) is 1.33. The summed E-state index contributed by atoms with van der Waals surface area (Å²) < 4.78 is 6.67. The summed E-state index contributed by atoms with van der Waals surface area (Å²) in [5.74, 6) is -0.493. The van der Waals surface area contributed by atoms with Gasteiger partial charge < -0.3 is 14.6 Å². The van der Waals surface area contributed by atoms with Crippen LogP contribution in [0, 0.1) is 0 Å². The van der Waals surface area contributed by atoms with E-state index >= 15 is 0 Å². The van der Waals surface area contributed by atoms with Gasteiger partial charge in [-0.15, -0.1) is 0 Å². The van der Waals surface area contributed by atoms with Crippen molar-refractivity contribution in [3.05, 3.63) is 28.5 Å². The number of carbonyl (C=O) groups is 2. The lowest BCUT2D eigenvalue weighted by atomic mass is 10.1. The van der Waals surface area contributed by atoms with E-state index in [0.29, 0.717) is 16.1 Å². The van der Waals surface area contributed by atoms with Gasteiger partial charge in [0.2, 0.25) is 5.82 Å². The number of carbonyl (C=O) groups excluding carboxylic acids is 2. The Morgan fingerprint density at radius 2 is 2.09 bits per heavy atom. The molecule has 0 aliphatic heterocycles. The fourth-order valence-corrected chi connectivity index (χ4v) is 2.81. The Kier molecular flexibility index (Phi) is 4.02. The molecule has 0 unspecified atom stereocenters. The van der Waals surface area contributed by atoms with Crippen LogP contribution in [0.4, 0.5) is 0 Å². The molecule has 1 N–H and O–H groups in total. The van der Waals surface area contributed by atoms with Crippen molar-refractivity contribution in [1.29, 1.82) is 0 Å². The van der Waals surface area contributed by atoms with Gasteiger partial charge in [-0.3, -0.25) is 4.79 Å². The first-order chi connectivity index (χ1) is 10.9. The van der Waals surface area contributed by atoms with E-state index in [2.05, 4.69) is 10.3 Å². The summed E-state index contributed by atoms with van der Waals surface area (Å²) in [5.41, 5.74) is 1.67. The van der Waals surface area contributed by atoms with E-state index in [1.54, 1.807) is 12.1 Å². The average molecular weight is 336 g/mol. The number of rotatable bonds is 4. The number of hydrogen-bond donors (Lipinski definition) is 1. The van der Waals surface area contributed by atoms with Crippen molar-refractivity contribution in [2.45, 2.75) is 38.8 Å². The highest BCUT2D eigenvalue weighted by Crippen LogP contribution is 2.39. The van der Waals surface area contributed by atoms with Gasteiger partial charge in [-0.05, 0) is 38.8 Å². The monoisotopic (exact) mass is 335 g/mol. The third-order valence-corrected chi connectivity index (χ3v) is 4.04. The number of halogens is 1. The number of methoxy groups -OCH3 is 1. The lowest BCUT2D eigenvalue weighted by Gasteiger charge is -2.10. The van der Waals surface area contributed by atoms with Crippen LogP contribution in [-0.4, -0.2) is 34.6 Å². The molecular formula is C16H18ClN3O3. The van der Waals surface area contributed by atoms with Crippen molar-refractivity contribution in [2.75, 3.05) is 7.11 Å². The molecule has 23 heavy (non-hydrogen) atoms. The number of amides is 1. The number of hydrogen-bond acceptors (Lipinski definition) is 4. The molecular weight excluding hydrogens is 318 g/mol. The Labute approximate surface area is 138 Å². The van der Waals surface area contributed by atoms with Crippen molar-refractivity contribution < 1.29 is 14.3 Å². The molecule has 122 valence electrons. The SMILES string of the molecule is COC(=O)c1nc2cc(C(=O)NC(C)C)c(Cl)cc2n1C1CC1. The third kappa shape index (κ3) is 2.91. The van der Waals surface area contributed by atoms with Crippen LogP contribution in [0.1, 0.15) is 53.7 Å². The van der Waals surface area contributed by atoms with E-state index in [9.17, 15) is 9.59 Å². The van der Waals surface area contributed by atoms with E-state index in [1.807, 2.05) is 18.4 Å². The van der Waals surface area contributed by atoms with Crippen LogP contribution in [0.2, 0.25) is 5.02 Å². The summed E-state index contributed by atoms with van der Waals surface area (Å²) in [4.78, 5) is 28.6. The lowest BCUT2D eigenvalue weighted by Crippen LogP contribution is -2.30. The minimum Gasteiger partial charge on any atom is -0.463 e. The van der Waals surface area contributed by atoms with E-state index in [0.717, 1.165) is 18.4 Å². The molecule has 1 aliphatic rings. The average Bonchev–Trinajstić information content (AvgIpc) is 3.26. The lowest BCUT2D eigenvalue weighted by molar-refractivity contribution is 0.0581. The highest BCUT2D eigenvalue weighted by atomic mass is 35.5. The minimum atomic E-state index is -0.489. The van der Waals surface area contributed by atoms with Crippen molar-refractivity contribution in [1.82, 2.24) is 14.9 Å². The first-order valence-electron chi connectivity index (χ1n) is 7.53. The molecule has 1 heterocycles. The van der Waals surface area contributed by atoms with Crippen LogP contribution in [-0.2, 0) is 4.74 Å². The van der Waals surface area contributed by atoms with Crippen molar-refractivity contribution in [3.63, 3.8) is 0 Å². The summed E-state index contributed by atoms with van der Waals surface area (Å²) >= 11 is 6.28. The van der Waals surface area contributed by atoms with E-state index in [-0.39, 0.29) is 23.8 Å². The van der Waals surface area contributed by atoms with E-state index < -0.39 is 5.97 Å². The standard InChI is InChI=1S/C16H18ClN3O3/c1-8(2)18-15(21)10-6-12-13(7-11(10)17)20(9-4-5-9)14(19-12)16(22)23-3/h6-9H,4-5H2,1-3H3,(H,18,21). The molecule has 0 atom stereocenters. The second-order valence-corrected chi connectivity index (χ2v) is 6.38. The van der Waals surface area contributed by atoms with Gasteiger partial charge in [-0.2, -0.15) is 0 Å². The number of imidazole rings is 1. The first kappa shape index (κ1) is 15.8. The van der Waals surface area contributed by atoms with Crippen LogP contribution in [0.25, 0.3) is 11.0 Å². The van der Waals surface area contributed by atoms with Gasteiger partial charge in [0.25, 0.3) is 5.91 Å². The molecule has 1 fully saturated rings. The van der Waals surface area contributed by atoms with Gasteiger partial charge in [-0.25, -0.2) is 9.78 Å². The molecule has 1 saturated carbocycles. The van der Waals surface area contributed by atoms with Gasteiger partial charge in [-0.1, -0.05) is 11.6 Å². The number of esters is 1. The largest absolute Gasteiger partial charge is 0.463 e. The minimum absolute atomic E-state index is 0.00363. The number of ether oxygens (including phenoxy) is 1. The molecule has 7 heteroatoms. The summed E-state index contributed by atoms with van der Waals surface area (Å²) in [6.07, 6.45) is 1.98. The van der Waals surface area contributed by atoms with Crippen molar-refractivity contribution in [2.24, 2.45) is 0 Å². The third-order valence-electron chi connectivity index (χ3n) is 3.72. The maximum absolute atomic E-state index is 12.2. The molecule has 1 aromatic heterocycles. The molecule has 3 rings (SSSR count). The van der Waals surface area contributed by atoms with Gasteiger partial charge in [0, 0.05) is 12.1 Å². The predicted octanol–water partition coefficient (Wildman–Crippen LogP) is 2.95. The number of nitrogens with zero attached hydrogens (tertiary/aromatic N) is 2. The first-order valence-corrected chi connectivity index (χ1v) is 7.90. The quantitative estimate of drug-likeness (QED) is 0.872. The normalized spacial score (nSPS) is 14.3. The molecule has 0 saturated heterocycles. The van der Waals surface area contributed by atoms with Gasteiger partial charge in [0.05, 0.1) is 28.7 Å². The Bertz CT molecular complexity index is 793. The van der Waals surface area contributed by atoms with E-state index in [4.69, 9.17) is 16.3 Å². The topological polar surface area (TPSA) is 73.2 Å². The molecule has 0 bridgehead atoms. The fourth-order valence-electron chi connectivity index (χ4n) is 2.57. The highest BCUT2D eigenvalue weighted by Gasteiger charge is 2.31. The molecule has 2 aromatic rings. The molecule has 1 aliphatic carbocycles. The predicted molar refractivity (Wildman–Crippen MR) is 87.0 cm³/mol. The Balaban J connectivity index is 2.13. The second-order valence-electron chi connectivity index (χ2n) is 5.98. The zero-order valence-electron chi connectivity index (χ0n) is 13.2. The molecule has 0 spiro atoms. The fraction of sp³-hybridized carbons (Fsp3) is 0.438. The van der Waals surface area contributed by atoms with Crippen LogP contribution in [0.15, 0.2) is 12.1 Å². The van der Waals surface area contributed by atoms with Gasteiger partial charge >= 0.3 is 5.97 Å². The van der Waals surface area contributed by atoms with Gasteiger partial charge in [0.1, 0.15) is 0 Å². The maximum atomic E-state index is 12.2. The maximum Gasteiger partial charge on any atom is 0.374 e. The summed E-state index contributed by atoms with van der Waals surface area (Å²) in [5, 5.41) is 3.15. The molecule has 1 aromatic carbocycles. The van der Waals surface area contributed by atoms with Crippen LogP contribution < -0.4 is 5.32 Å². The molecule has 6 nitrogen and oxygen atoms in total. The zero-order chi connectivity index (χ0) is 16.7. The van der Waals surface area contributed by atoms with Crippen LogP contribution in [0.5, 0.6) is 0 Å². The number of fused-ring (bicyclic) bond motifs is 1. The highest BCUT2D eigenvalue weighted by molar-refractivity contribution is 6.34. The number of aromatic nitrogens is 2. The second kappa shape index (κ2) is 5.85. The van der Waals surface area contributed by atoms with Crippen molar-refractivity contribution in [3.8, 4) is 0 Å². The van der Waals surface area contributed by atoms with E-state index in [1.165, 1.54) is 7.11 Å². The molecule has 0 radical (unpaired) electrons. The summed E-state index contributed by atoms with van der Waals surface area (Å²) in [6, 6.07) is 3.56. The Morgan fingerprint density at radius 1 is 1.39 bits per heavy atom. The Hall–Kier alpha value is -2.08. The number of nitrogens with one attached hydrogen (secondary N) is 1. The van der Waals surface area contributed by atoms with Crippen LogP contribution >= 0.6 is 11.6 Å². The zero-order valence-corrected chi connectivity index (χ0v) is 14.0. The smallest absolute Gasteiger partial charge is 0.374 e. The number of benzene rings is 1. The molecule has 1 amide bonds. The Morgan fingerprint density at radius 3 is 2.65 bits per heavy atom. The van der Waals surface area contributed by atoms with Crippen molar-refractivity contribution >= 4 is 34.5 Å².